The maximum Gasteiger partial charge on any atom is 0.197 e. The topological polar surface area (TPSA) is 52.0 Å². The second kappa shape index (κ2) is 3.75. The lowest BCUT2D eigenvalue weighted by Crippen LogP contribution is -2.25. The molecule has 0 amide bonds. The van der Waals surface area contributed by atoms with Crippen LogP contribution >= 0.6 is 11.6 Å². The molecule has 0 radical (unpaired) electrons. The Morgan fingerprint density at radius 3 is 3.06 bits per heavy atom. The molecule has 16 heavy (non-hydrogen) atoms. The molecule has 2 N–H and O–H groups in total. The average molecular weight is 237 g/mol. The van der Waals surface area contributed by atoms with Crippen molar-refractivity contribution in [1.29, 1.82) is 0 Å². The molecule has 2 aromatic rings. The summed E-state index contributed by atoms with van der Waals surface area (Å²) in [5, 5.41) is 0.679. The lowest BCUT2D eigenvalue weighted by Gasteiger charge is -2.05. The van der Waals surface area contributed by atoms with Gasteiger partial charge in [-0.3, -0.25) is 0 Å². The highest BCUT2D eigenvalue weighted by Crippen LogP contribution is 2.33. The number of hydrogen-bond donors (Lipinski definition) is 1. The highest BCUT2D eigenvalue weighted by Gasteiger charge is 2.29. The molecule has 3 rings (SSSR count). The van der Waals surface area contributed by atoms with Crippen LogP contribution in [0.15, 0.2) is 22.6 Å². The zero-order chi connectivity index (χ0) is 11.1. The number of fused-ring (bicyclic) bond motifs is 1. The Labute approximate surface area is 98.6 Å². The summed E-state index contributed by atoms with van der Waals surface area (Å²) in [7, 11) is 0. The summed E-state index contributed by atoms with van der Waals surface area (Å²) in [6.07, 6.45) is 3.21. The second-order valence-electron chi connectivity index (χ2n) is 4.43. The third-order valence-electron chi connectivity index (χ3n) is 3.03. The fraction of sp³-hybridized carbons (Fsp3) is 0.417. The van der Waals surface area contributed by atoms with Gasteiger partial charge in [0.25, 0.3) is 0 Å². The van der Waals surface area contributed by atoms with Gasteiger partial charge in [0, 0.05) is 17.5 Å². The highest BCUT2D eigenvalue weighted by atomic mass is 35.5. The Kier molecular flexibility index (Phi) is 2.37. The van der Waals surface area contributed by atoms with Crippen molar-refractivity contribution in [3.05, 3.63) is 29.1 Å². The normalized spacial score (nSPS) is 17.9. The monoisotopic (exact) mass is 236 g/mol. The van der Waals surface area contributed by atoms with Crippen LogP contribution < -0.4 is 5.73 Å². The molecule has 1 atom stereocenters. The van der Waals surface area contributed by atoms with Crippen LogP contribution in [0.4, 0.5) is 0 Å². The third kappa shape index (κ3) is 1.93. The van der Waals surface area contributed by atoms with Gasteiger partial charge in [0.05, 0.1) is 0 Å². The number of rotatable bonds is 3. The van der Waals surface area contributed by atoms with Crippen LogP contribution in [-0.2, 0) is 6.42 Å². The maximum atomic E-state index is 6.04. The maximum absolute atomic E-state index is 6.04. The van der Waals surface area contributed by atoms with Crippen LogP contribution in [0.3, 0.4) is 0 Å². The Morgan fingerprint density at radius 2 is 2.31 bits per heavy atom. The molecule has 1 aliphatic rings. The van der Waals surface area contributed by atoms with E-state index in [4.69, 9.17) is 21.8 Å². The van der Waals surface area contributed by atoms with E-state index in [1.165, 1.54) is 12.8 Å². The van der Waals surface area contributed by atoms with E-state index in [1.807, 2.05) is 12.1 Å². The molecule has 1 saturated carbocycles. The minimum atomic E-state index is 0.184. The van der Waals surface area contributed by atoms with E-state index in [0.29, 0.717) is 10.9 Å². The summed E-state index contributed by atoms with van der Waals surface area (Å²) in [6.45, 7) is 0. The smallest absolute Gasteiger partial charge is 0.197 e. The van der Waals surface area contributed by atoms with Gasteiger partial charge in [0.1, 0.15) is 5.52 Å². The number of oxazole rings is 1. The summed E-state index contributed by atoms with van der Waals surface area (Å²) in [5.41, 5.74) is 7.63. The molecule has 1 fully saturated rings. The van der Waals surface area contributed by atoms with E-state index in [9.17, 15) is 0 Å². The van der Waals surface area contributed by atoms with Gasteiger partial charge in [0.2, 0.25) is 0 Å². The van der Waals surface area contributed by atoms with Gasteiger partial charge in [-0.05, 0) is 37.0 Å². The second-order valence-corrected chi connectivity index (χ2v) is 4.86. The molecule has 1 aromatic heterocycles. The molecule has 0 saturated heterocycles. The van der Waals surface area contributed by atoms with Gasteiger partial charge in [-0.2, -0.15) is 0 Å². The van der Waals surface area contributed by atoms with Crippen molar-refractivity contribution in [1.82, 2.24) is 4.98 Å². The number of nitrogens with two attached hydrogens (primary N) is 1. The van der Waals surface area contributed by atoms with Gasteiger partial charge in [-0.15, -0.1) is 0 Å². The quantitative estimate of drug-likeness (QED) is 0.892. The molecular formula is C12H13ClN2O. The molecular weight excluding hydrogens is 224 g/mol. The number of hydrogen-bond acceptors (Lipinski definition) is 3. The Hall–Kier alpha value is -1.06. The highest BCUT2D eigenvalue weighted by molar-refractivity contribution is 6.31. The van der Waals surface area contributed by atoms with Gasteiger partial charge in [-0.25, -0.2) is 4.98 Å². The van der Waals surface area contributed by atoms with Crippen LogP contribution in [0.1, 0.15) is 18.7 Å². The molecule has 3 nitrogen and oxygen atoms in total. The summed E-state index contributed by atoms with van der Waals surface area (Å²) < 4.78 is 5.62. The summed E-state index contributed by atoms with van der Waals surface area (Å²) in [5.74, 6) is 1.38. The summed E-state index contributed by atoms with van der Waals surface area (Å²) in [4.78, 5) is 4.39. The van der Waals surface area contributed by atoms with Crippen molar-refractivity contribution in [3.63, 3.8) is 0 Å². The molecule has 0 bridgehead atoms. The van der Waals surface area contributed by atoms with E-state index in [-0.39, 0.29) is 6.04 Å². The minimum absolute atomic E-state index is 0.184. The minimum Gasteiger partial charge on any atom is -0.441 e. The number of aromatic nitrogens is 1. The van der Waals surface area contributed by atoms with Crippen molar-refractivity contribution < 1.29 is 4.42 Å². The third-order valence-corrected chi connectivity index (χ3v) is 3.27. The first-order valence-corrected chi connectivity index (χ1v) is 5.91. The SMILES string of the molecule is NC(Cc1nc2cc(Cl)ccc2o1)C1CC1. The largest absolute Gasteiger partial charge is 0.441 e. The van der Waals surface area contributed by atoms with Crippen LogP contribution in [0, 0.1) is 5.92 Å². The number of halogens is 1. The van der Waals surface area contributed by atoms with E-state index >= 15 is 0 Å². The molecule has 84 valence electrons. The van der Waals surface area contributed by atoms with Crippen LogP contribution in [0.2, 0.25) is 5.02 Å². The van der Waals surface area contributed by atoms with Crippen molar-refractivity contribution in [2.45, 2.75) is 25.3 Å². The molecule has 0 aliphatic heterocycles. The standard InChI is InChI=1S/C12H13ClN2O/c13-8-3-4-11-10(5-8)15-12(16-11)6-9(14)7-1-2-7/h3-5,7,9H,1-2,6,14H2. The van der Waals surface area contributed by atoms with Crippen LogP contribution in [0.25, 0.3) is 11.1 Å². The fourth-order valence-corrected chi connectivity index (χ4v) is 2.09. The summed E-state index contributed by atoms with van der Waals surface area (Å²) >= 11 is 5.89. The molecule has 1 unspecified atom stereocenters. The van der Waals surface area contributed by atoms with Crippen LogP contribution in [-0.4, -0.2) is 11.0 Å². The average Bonchev–Trinajstić information content (AvgIpc) is 3.00. The Bertz CT molecular complexity index is 519. The number of nitrogens with zero attached hydrogens (tertiary/aromatic N) is 1. The lowest BCUT2D eigenvalue weighted by molar-refractivity contribution is 0.475. The van der Waals surface area contributed by atoms with E-state index in [0.717, 1.165) is 23.4 Å². The first-order valence-electron chi connectivity index (χ1n) is 5.53. The summed E-state index contributed by atoms with van der Waals surface area (Å²) in [6, 6.07) is 5.65. The molecule has 4 heteroatoms. The van der Waals surface area contributed by atoms with E-state index < -0.39 is 0 Å². The number of benzene rings is 1. The van der Waals surface area contributed by atoms with E-state index in [2.05, 4.69) is 4.98 Å². The molecule has 1 heterocycles. The predicted molar refractivity (Wildman–Crippen MR) is 63.4 cm³/mol. The Morgan fingerprint density at radius 1 is 1.50 bits per heavy atom. The van der Waals surface area contributed by atoms with Gasteiger partial charge >= 0.3 is 0 Å². The predicted octanol–water partition coefficient (Wildman–Crippen LogP) is 2.76. The molecule has 0 spiro atoms. The van der Waals surface area contributed by atoms with Crippen molar-refractivity contribution in [3.8, 4) is 0 Å². The first kappa shape index (κ1) is 10.1. The van der Waals surface area contributed by atoms with Crippen molar-refractivity contribution >= 4 is 22.7 Å². The van der Waals surface area contributed by atoms with Crippen LogP contribution in [0.5, 0.6) is 0 Å². The van der Waals surface area contributed by atoms with Gasteiger partial charge < -0.3 is 10.2 Å². The molecule has 1 aliphatic carbocycles. The Balaban J connectivity index is 1.86. The van der Waals surface area contributed by atoms with Gasteiger partial charge in [-0.1, -0.05) is 11.6 Å². The first-order chi connectivity index (χ1) is 7.72. The van der Waals surface area contributed by atoms with E-state index in [1.54, 1.807) is 6.07 Å². The zero-order valence-electron chi connectivity index (χ0n) is 8.82. The van der Waals surface area contributed by atoms with Crippen molar-refractivity contribution in [2.24, 2.45) is 11.7 Å². The van der Waals surface area contributed by atoms with Gasteiger partial charge in [0.15, 0.2) is 11.5 Å². The zero-order valence-corrected chi connectivity index (χ0v) is 9.57. The fourth-order valence-electron chi connectivity index (χ4n) is 1.93. The van der Waals surface area contributed by atoms with Crippen molar-refractivity contribution in [2.75, 3.05) is 0 Å². The molecule has 1 aromatic carbocycles. The lowest BCUT2D eigenvalue weighted by atomic mass is 10.1.